The topological polar surface area (TPSA) is 93.7 Å². The van der Waals surface area contributed by atoms with E-state index in [4.69, 9.17) is 21.1 Å². The van der Waals surface area contributed by atoms with Gasteiger partial charge >= 0.3 is 6.18 Å². The van der Waals surface area contributed by atoms with Gasteiger partial charge < -0.3 is 14.8 Å². The first kappa shape index (κ1) is 26.2. The molecule has 3 rings (SSSR count). The van der Waals surface area contributed by atoms with E-state index in [0.717, 1.165) is 12.1 Å². The van der Waals surface area contributed by atoms with E-state index in [-0.39, 0.29) is 16.3 Å². The Hall–Kier alpha value is -3.44. The minimum absolute atomic E-state index is 0.0379. The lowest BCUT2D eigenvalue weighted by Gasteiger charge is -2.12. The Morgan fingerprint density at radius 1 is 0.914 bits per heavy atom. The van der Waals surface area contributed by atoms with Gasteiger partial charge in [0.15, 0.2) is 6.61 Å². The summed E-state index contributed by atoms with van der Waals surface area (Å²) in [4.78, 5) is 12.0. The summed E-state index contributed by atoms with van der Waals surface area (Å²) in [6, 6.07) is 14.7. The zero-order valence-electron chi connectivity index (χ0n) is 18.2. The highest BCUT2D eigenvalue weighted by Gasteiger charge is 2.33. The predicted octanol–water partition coefficient (Wildman–Crippen LogP) is 5.58. The Bertz CT molecular complexity index is 1280. The molecule has 35 heavy (non-hydrogen) atoms. The monoisotopic (exact) mass is 528 g/mol. The second kappa shape index (κ2) is 10.9. The van der Waals surface area contributed by atoms with Gasteiger partial charge in [0.25, 0.3) is 15.9 Å². The van der Waals surface area contributed by atoms with Crippen molar-refractivity contribution in [3.05, 3.63) is 77.3 Å². The third-order valence-corrected chi connectivity index (χ3v) is 6.20. The van der Waals surface area contributed by atoms with Crippen molar-refractivity contribution in [1.29, 1.82) is 0 Å². The maximum Gasteiger partial charge on any atom is 0.417 e. The molecule has 0 radical (unpaired) electrons. The van der Waals surface area contributed by atoms with Crippen LogP contribution in [0.15, 0.2) is 71.6 Å². The fourth-order valence-corrected chi connectivity index (χ4v) is 4.16. The van der Waals surface area contributed by atoms with Crippen molar-refractivity contribution < 1.29 is 35.9 Å². The van der Waals surface area contributed by atoms with Crippen molar-refractivity contribution in [2.75, 3.05) is 23.3 Å². The number of benzene rings is 3. The van der Waals surface area contributed by atoms with E-state index < -0.39 is 39.3 Å². The Morgan fingerprint density at radius 2 is 1.49 bits per heavy atom. The highest BCUT2D eigenvalue weighted by Crippen LogP contribution is 2.36. The summed E-state index contributed by atoms with van der Waals surface area (Å²) in [5, 5.41) is 1.80. The minimum Gasteiger partial charge on any atom is -0.494 e. The summed E-state index contributed by atoms with van der Waals surface area (Å²) in [5.74, 6) is 0.0828. The van der Waals surface area contributed by atoms with Gasteiger partial charge in [-0.25, -0.2) is 8.42 Å². The lowest BCUT2D eigenvalue weighted by molar-refractivity contribution is -0.137. The van der Waals surface area contributed by atoms with Crippen molar-refractivity contribution >= 4 is 38.9 Å². The van der Waals surface area contributed by atoms with Crippen LogP contribution in [0.1, 0.15) is 12.5 Å². The van der Waals surface area contributed by atoms with Crippen LogP contribution in [-0.4, -0.2) is 27.5 Å². The first-order chi connectivity index (χ1) is 16.5. The van der Waals surface area contributed by atoms with Crippen LogP contribution in [0.25, 0.3) is 0 Å². The number of hydrogen-bond donors (Lipinski definition) is 2. The lowest BCUT2D eigenvalue weighted by atomic mass is 10.2. The highest BCUT2D eigenvalue weighted by molar-refractivity contribution is 7.92. The van der Waals surface area contributed by atoms with Gasteiger partial charge in [-0.2, -0.15) is 13.2 Å². The first-order valence-electron chi connectivity index (χ1n) is 10.1. The van der Waals surface area contributed by atoms with E-state index in [1.807, 2.05) is 6.92 Å². The first-order valence-corrected chi connectivity index (χ1v) is 12.0. The van der Waals surface area contributed by atoms with E-state index in [0.29, 0.717) is 18.0 Å². The Labute approximate surface area is 204 Å². The molecule has 0 saturated carbocycles. The van der Waals surface area contributed by atoms with E-state index >= 15 is 0 Å². The maximum atomic E-state index is 12.9. The van der Waals surface area contributed by atoms with Crippen LogP contribution in [0, 0.1) is 0 Å². The molecule has 0 aliphatic carbocycles. The Morgan fingerprint density at radius 3 is 2.09 bits per heavy atom. The number of ether oxygens (including phenoxy) is 2. The molecule has 2 N–H and O–H groups in total. The molecule has 0 aliphatic rings. The molecular weight excluding hydrogens is 509 g/mol. The predicted molar refractivity (Wildman–Crippen MR) is 125 cm³/mol. The van der Waals surface area contributed by atoms with Gasteiger partial charge in [-0.1, -0.05) is 11.6 Å². The average molecular weight is 529 g/mol. The number of carbonyl (C=O) groups excluding carboxylic acids is 1. The van der Waals surface area contributed by atoms with Crippen LogP contribution >= 0.6 is 11.6 Å². The van der Waals surface area contributed by atoms with Gasteiger partial charge in [0.05, 0.1) is 22.1 Å². The molecule has 0 aromatic heterocycles. The standard InChI is InChI=1S/C23H20ClF3N2O5S/c1-2-33-17-6-3-15(4-7-17)29-35(31,32)19-10-8-18(9-11-19)34-14-22(30)28-16-5-12-21(24)20(13-16)23(25,26)27/h3-13,29H,2,14H2,1H3,(H,28,30). The fraction of sp³-hybridized carbons (Fsp3) is 0.174. The van der Waals surface area contributed by atoms with Crippen LogP contribution in [0.2, 0.25) is 5.02 Å². The van der Waals surface area contributed by atoms with Gasteiger partial charge in [-0.05, 0) is 73.7 Å². The lowest BCUT2D eigenvalue weighted by Crippen LogP contribution is -2.20. The molecule has 3 aromatic rings. The van der Waals surface area contributed by atoms with Gasteiger partial charge in [-0.15, -0.1) is 0 Å². The van der Waals surface area contributed by atoms with Crippen LogP contribution < -0.4 is 19.5 Å². The number of anilines is 2. The molecule has 0 spiro atoms. The van der Waals surface area contributed by atoms with Crippen LogP contribution in [-0.2, 0) is 21.0 Å². The second-order valence-corrected chi connectivity index (χ2v) is 9.15. The van der Waals surface area contributed by atoms with Crippen molar-refractivity contribution in [2.45, 2.75) is 18.0 Å². The fourth-order valence-electron chi connectivity index (χ4n) is 2.88. The number of alkyl halides is 3. The summed E-state index contributed by atoms with van der Waals surface area (Å²) >= 11 is 5.56. The summed E-state index contributed by atoms with van der Waals surface area (Å²) in [7, 11) is -3.88. The zero-order chi connectivity index (χ0) is 25.6. The number of sulfonamides is 1. The zero-order valence-corrected chi connectivity index (χ0v) is 19.8. The Kier molecular flexibility index (Phi) is 8.13. The van der Waals surface area contributed by atoms with E-state index in [1.54, 1.807) is 24.3 Å². The largest absolute Gasteiger partial charge is 0.494 e. The molecule has 3 aromatic carbocycles. The number of carbonyl (C=O) groups is 1. The molecule has 7 nitrogen and oxygen atoms in total. The van der Waals surface area contributed by atoms with Gasteiger partial charge in [-0.3, -0.25) is 9.52 Å². The molecule has 0 fully saturated rings. The summed E-state index contributed by atoms with van der Waals surface area (Å²) in [6.45, 7) is 1.81. The van der Waals surface area contributed by atoms with E-state index in [1.165, 1.54) is 30.3 Å². The molecule has 0 heterocycles. The molecule has 186 valence electrons. The number of halogens is 4. The molecular formula is C23H20ClF3N2O5S. The quantitative estimate of drug-likeness (QED) is 0.378. The van der Waals surface area contributed by atoms with Crippen LogP contribution in [0.3, 0.4) is 0 Å². The molecule has 0 bridgehead atoms. The molecule has 0 unspecified atom stereocenters. The number of rotatable bonds is 9. The normalized spacial score (nSPS) is 11.6. The van der Waals surface area contributed by atoms with Crippen LogP contribution in [0.5, 0.6) is 11.5 Å². The second-order valence-electron chi connectivity index (χ2n) is 7.06. The molecule has 0 saturated heterocycles. The SMILES string of the molecule is CCOc1ccc(NS(=O)(=O)c2ccc(OCC(=O)Nc3ccc(Cl)c(C(F)(F)F)c3)cc2)cc1. The third-order valence-electron chi connectivity index (χ3n) is 4.48. The molecule has 1 amide bonds. The van der Waals surface area contributed by atoms with E-state index in [9.17, 15) is 26.4 Å². The third kappa shape index (κ3) is 7.27. The Balaban J connectivity index is 1.57. The van der Waals surface area contributed by atoms with E-state index in [2.05, 4.69) is 10.0 Å². The van der Waals surface area contributed by atoms with Crippen molar-refractivity contribution in [3.63, 3.8) is 0 Å². The minimum atomic E-state index is -4.67. The number of amides is 1. The molecule has 0 aliphatic heterocycles. The molecule has 0 atom stereocenters. The maximum absolute atomic E-state index is 12.9. The number of nitrogens with one attached hydrogen (secondary N) is 2. The van der Waals surface area contributed by atoms with Crippen molar-refractivity contribution in [2.24, 2.45) is 0 Å². The van der Waals surface area contributed by atoms with Gasteiger partial charge in [0.2, 0.25) is 0 Å². The summed E-state index contributed by atoms with van der Waals surface area (Å²) in [6.07, 6.45) is -4.67. The average Bonchev–Trinajstić information content (AvgIpc) is 2.80. The molecule has 12 heteroatoms. The van der Waals surface area contributed by atoms with Gasteiger partial charge in [0, 0.05) is 11.4 Å². The van der Waals surface area contributed by atoms with Gasteiger partial charge in [0.1, 0.15) is 11.5 Å². The summed E-state index contributed by atoms with van der Waals surface area (Å²) < 4.78 is 77.0. The smallest absolute Gasteiger partial charge is 0.417 e. The van der Waals surface area contributed by atoms with Crippen LogP contribution in [0.4, 0.5) is 24.5 Å². The highest BCUT2D eigenvalue weighted by atomic mass is 35.5. The summed E-state index contributed by atoms with van der Waals surface area (Å²) in [5.41, 5.74) is -0.827. The van der Waals surface area contributed by atoms with Crippen molar-refractivity contribution in [3.8, 4) is 11.5 Å². The van der Waals surface area contributed by atoms with Crippen molar-refractivity contribution in [1.82, 2.24) is 0 Å². The number of hydrogen-bond acceptors (Lipinski definition) is 5.